The van der Waals surface area contributed by atoms with Gasteiger partial charge < -0.3 is 0 Å². The first kappa shape index (κ1) is 24.9. The van der Waals surface area contributed by atoms with Gasteiger partial charge in [0.15, 0.2) is 0 Å². The second-order valence-corrected chi connectivity index (χ2v) is 11.2. The standard InChI is InChI=1S/C11H20F6NO4PS2/c1-3-5-6-8-9(7-4-2)23-18(24(19,20)10(12,13)14)25(21,22)11(15,16)17/h9,23H,3-8H2,1-2H3. The van der Waals surface area contributed by atoms with E-state index in [9.17, 15) is 43.2 Å². The molecule has 2 atom stereocenters. The first-order valence-electron chi connectivity index (χ1n) is 7.32. The molecule has 0 radical (unpaired) electrons. The summed E-state index contributed by atoms with van der Waals surface area (Å²) in [6.07, 6.45) is 2.42. The summed E-state index contributed by atoms with van der Waals surface area (Å²) in [5.74, 6) is 0. The number of hydrogen-bond donors (Lipinski definition) is 0. The van der Waals surface area contributed by atoms with Gasteiger partial charge in [0, 0.05) is 0 Å². The maximum Gasteiger partial charge on any atom is 0.512 e. The van der Waals surface area contributed by atoms with E-state index in [0.29, 0.717) is 19.3 Å². The van der Waals surface area contributed by atoms with Crippen molar-refractivity contribution in [3.05, 3.63) is 0 Å². The van der Waals surface area contributed by atoms with E-state index in [-0.39, 0.29) is 12.8 Å². The Bertz CT molecular complexity index is 573. The molecule has 0 aromatic heterocycles. The minimum absolute atomic E-state index is 0.111. The number of nitrogens with zero attached hydrogens (tertiary/aromatic N) is 1. The van der Waals surface area contributed by atoms with Gasteiger partial charge in [0.2, 0.25) is 0 Å². The monoisotopic (exact) mass is 439 g/mol. The molecule has 0 fully saturated rings. The second kappa shape index (κ2) is 9.18. The van der Waals surface area contributed by atoms with Gasteiger partial charge in [0.1, 0.15) is 0 Å². The van der Waals surface area contributed by atoms with Crippen LogP contribution in [0.25, 0.3) is 0 Å². The molecule has 0 spiro atoms. The molecule has 0 aromatic carbocycles. The number of rotatable bonds is 10. The van der Waals surface area contributed by atoms with Crippen LogP contribution in [0.15, 0.2) is 0 Å². The molecule has 0 aliphatic carbocycles. The van der Waals surface area contributed by atoms with E-state index in [2.05, 4.69) is 0 Å². The zero-order valence-corrected chi connectivity index (χ0v) is 16.1. The minimum Gasteiger partial charge on any atom is -0.201 e. The molecule has 0 saturated carbocycles. The summed E-state index contributed by atoms with van der Waals surface area (Å²) < 4.78 is 120. The minimum atomic E-state index is -6.69. The Morgan fingerprint density at radius 2 is 1.24 bits per heavy atom. The average molecular weight is 439 g/mol. The summed E-state index contributed by atoms with van der Waals surface area (Å²) in [7, 11) is -15.1. The molecule has 14 heteroatoms. The Morgan fingerprint density at radius 3 is 1.56 bits per heavy atom. The van der Waals surface area contributed by atoms with Crippen molar-refractivity contribution < 1.29 is 43.2 Å². The quantitative estimate of drug-likeness (QED) is 0.289. The molecule has 5 nitrogen and oxygen atoms in total. The second-order valence-electron chi connectivity index (χ2n) is 5.21. The average Bonchev–Trinajstić information content (AvgIpc) is 2.41. The molecule has 0 aliphatic rings. The Morgan fingerprint density at radius 1 is 0.800 bits per heavy atom. The van der Waals surface area contributed by atoms with Gasteiger partial charge in [-0.25, -0.2) is 16.8 Å². The number of alkyl halides is 6. The zero-order chi connectivity index (χ0) is 20.1. The largest absolute Gasteiger partial charge is 0.512 e. The molecule has 0 aliphatic heterocycles. The Hall–Kier alpha value is -0.130. The number of halogens is 6. The van der Waals surface area contributed by atoms with E-state index in [1.54, 1.807) is 6.92 Å². The Labute approximate surface area is 145 Å². The molecule has 2 unspecified atom stereocenters. The van der Waals surface area contributed by atoms with E-state index in [1.807, 2.05) is 6.92 Å². The van der Waals surface area contributed by atoms with Crippen molar-refractivity contribution in [2.75, 3.05) is 0 Å². The lowest BCUT2D eigenvalue weighted by atomic mass is 10.1. The van der Waals surface area contributed by atoms with E-state index in [0.717, 1.165) is 6.42 Å². The van der Waals surface area contributed by atoms with Gasteiger partial charge in [-0.05, 0) is 27.2 Å². The van der Waals surface area contributed by atoms with E-state index in [1.165, 1.54) is 0 Å². The van der Waals surface area contributed by atoms with E-state index in [4.69, 9.17) is 0 Å². The molecule has 0 N–H and O–H groups in total. The lowest BCUT2D eigenvalue weighted by Gasteiger charge is -2.27. The van der Waals surface area contributed by atoms with Gasteiger partial charge in [-0.15, -0.1) is 0 Å². The maximum atomic E-state index is 12.7. The van der Waals surface area contributed by atoms with Crippen molar-refractivity contribution in [2.45, 2.75) is 69.0 Å². The van der Waals surface area contributed by atoms with Crippen LogP contribution < -0.4 is 0 Å². The SMILES string of the molecule is CCCCCC(CCC)PN(S(=O)(=O)C(F)(F)F)S(=O)(=O)C(F)(F)F. The molecular formula is C11H20F6NO4PS2. The van der Waals surface area contributed by atoms with Gasteiger partial charge in [0.05, 0.1) is 0 Å². The van der Waals surface area contributed by atoms with Gasteiger partial charge in [-0.3, -0.25) is 0 Å². The molecule has 25 heavy (non-hydrogen) atoms. The maximum absolute atomic E-state index is 12.7. The van der Waals surface area contributed by atoms with Gasteiger partial charge >= 0.3 is 31.1 Å². The summed E-state index contributed by atoms with van der Waals surface area (Å²) in [6.45, 7) is 3.43. The summed E-state index contributed by atoms with van der Waals surface area (Å²) in [4.78, 5) is 0. The molecule has 0 bridgehead atoms. The molecular weight excluding hydrogens is 419 g/mol. The van der Waals surface area contributed by atoms with Gasteiger partial charge in [-0.2, -0.15) is 26.3 Å². The van der Waals surface area contributed by atoms with Crippen molar-refractivity contribution in [3.8, 4) is 0 Å². The van der Waals surface area contributed by atoms with Crippen molar-refractivity contribution in [3.63, 3.8) is 0 Å². The van der Waals surface area contributed by atoms with Crippen LogP contribution in [-0.4, -0.2) is 37.0 Å². The fourth-order valence-electron chi connectivity index (χ4n) is 1.87. The van der Waals surface area contributed by atoms with Crippen LogP contribution in [0.4, 0.5) is 26.3 Å². The lowest BCUT2D eigenvalue weighted by molar-refractivity contribution is -0.0505. The molecule has 0 aromatic rings. The normalized spacial score (nSPS) is 16.0. The Balaban J connectivity index is 5.91. The fourth-order valence-corrected chi connectivity index (χ4v) is 7.46. The topological polar surface area (TPSA) is 71.5 Å². The highest BCUT2D eigenvalue weighted by Crippen LogP contribution is 2.45. The number of sulfonamides is 2. The Kier molecular flexibility index (Phi) is 9.14. The van der Waals surface area contributed by atoms with Crippen LogP contribution in [0.2, 0.25) is 0 Å². The third-order valence-corrected chi connectivity index (χ3v) is 9.55. The number of unbranched alkanes of at least 4 members (excludes halogenated alkanes) is 2. The summed E-state index contributed by atoms with van der Waals surface area (Å²) >= 11 is 0. The fraction of sp³-hybridized carbons (Fsp3) is 1.00. The van der Waals surface area contributed by atoms with Crippen LogP contribution >= 0.6 is 8.73 Å². The van der Waals surface area contributed by atoms with Crippen molar-refractivity contribution in [2.24, 2.45) is 0 Å². The third kappa shape index (κ3) is 6.51. The van der Waals surface area contributed by atoms with Crippen molar-refractivity contribution >= 4 is 28.8 Å². The molecule has 0 rings (SSSR count). The first-order valence-corrected chi connectivity index (χ1v) is 11.2. The third-order valence-electron chi connectivity index (χ3n) is 3.10. The number of hydrogen-bond acceptors (Lipinski definition) is 4. The van der Waals surface area contributed by atoms with Crippen molar-refractivity contribution in [1.29, 1.82) is 0 Å². The summed E-state index contributed by atoms with van der Waals surface area (Å²) in [5, 5.41) is 0. The van der Waals surface area contributed by atoms with Crippen LogP contribution in [0.1, 0.15) is 52.4 Å². The van der Waals surface area contributed by atoms with Crippen LogP contribution in [0, 0.1) is 0 Å². The predicted molar refractivity (Wildman–Crippen MR) is 82.9 cm³/mol. The molecule has 0 heterocycles. The van der Waals surface area contributed by atoms with Crippen molar-refractivity contribution in [1.82, 2.24) is 3.48 Å². The first-order chi connectivity index (χ1) is 11.1. The molecule has 152 valence electrons. The van der Waals surface area contributed by atoms with Crippen LogP contribution in [-0.2, 0) is 20.0 Å². The molecule has 0 saturated heterocycles. The van der Waals surface area contributed by atoms with Crippen LogP contribution in [0.5, 0.6) is 0 Å². The van der Waals surface area contributed by atoms with Gasteiger partial charge in [-0.1, -0.05) is 43.0 Å². The van der Waals surface area contributed by atoms with E-state index >= 15 is 0 Å². The predicted octanol–water partition coefficient (Wildman–Crippen LogP) is 4.33. The van der Waals surface area contributed by atoms with Crippen LogP contribution in [0.3, 0.4) is 0 Å². The highest BCUT2D eigenvalue weighted by atomic mass is 32.3. The summed E-state index contributed by atoms with van der Waals surface area (Å²) in [6, 6.07) is 0. The molecule has 0 amide bonds. The smallest absolute Gasteiger partial charge is 0.201 e. The zero-order valence-electron chi connectivity index (χ0n) is 13.5. The van der Waals surface area contributed by atoms with Gasteiger partial charge in [0.25, 0.3) is 0 Å². The lowest BCUT2D eigenvalue weighted by Crippen LogP contribution is -2.45. The van der Waals surface area contributed by atoms with E-state index < -0.39 is 48.9 Å². The highest BCUT2D eigenvalue weighted by Gasteiger charge is 2.61. The highest BCUT2D eigenvalue weighted by molar-refractivity contribution is 8.09. The summed E-state index contributed by atoms with van der Waals surface area (Å²) in [5.41, 5.74) is -13.2.